The maximum absolute atomic E-state index is 13.3. The topological polar surface area (TPSA) is 73.2 Å². The molecule has 0 radical (unpaired) electrons. The Balaban J connectivity index is 1.89. The molecule has 1 aliphatic rings. The molecule has 1 N–H and O–H groups in total. The fourth-order valence-electron chi connectivity index (χ4n) is 3.30. The molecule has 0 fully saturated rings. The highest BCUT2D eigenvalue weighted by molar-refractivity contribution is 7.99. The van der Waals surface area contributed by atoms with Crippen molar-refractivity contribution in [1.82, 2.24) is 14.9 Å². The maximum Gasteiger partial charge on any atom is 0.263 e. The molecule has 6 nitrogen and oxygen atoms in total. The minimum atomic E-state index is -0.0377. The molecule has 0 saturated carbocycles. The summed E-state index contributed by atoms with van der Waals surface area (Å²) in [5.74, 6) is 0.581. The monoisotopic (exact) mass is 423 g/mol. The van der Waals surface area contributed by atoms with Crippen molar-refractivity contribution in [3.63, 3.8) is 0 Å². The summed E-state index contributed by atoms with van der Waals surface area (Å²) >= 11 is 2.97. The molecule has 0 aliphatic heterocycles. The van der Waals surface area contributed by atoms with Gasteiger partial charge in [-0.05, 0) is 44.1 Å². The van der Waals surface area contributed by atoms with Crippen LogP contribution in [0.25, 0.3) is 10.2 Å². The molecule has 0 bridgehead atoms. The van der Waals surface area contributed by atoms with Crippen molar-refractivity contribution in [3.8, 4) is 0 Å². The Hall–Kier alpha value is -1.38. The highest BCUT2D eigenvalue weighted by atomic mass is 32.2. The number of aryl methyl sites for hydroxylation is 2. The van der Waals surface area contributed by atoms with Gasteiger partial charge in [0.2, 0.25) is 5.91 Å². The van der Waals surface area contributed by atoms with E-state index in [0.717, 1.165) is 29.5 Å². The third-order valence-electron chi connectivity index (χ3n) is 5.28. The van der Waals surface area contributed by atoms with Gasteiger partial charge in [-0.1, -0.05) is 25.6 Å². The fourth-order valence-corrected chi connectivity index (χ4v) is 5.44. The van der Waals surface area contributed by atoms with Crippen molar-refractivity contribution in [2.45, 2.75) is 64.2 Å². The molecule has 8 heteroatoms. The molecule has 154 valence electrons. The standard InChI is InChI=1S/C20H29N3O3S2/c1-12(2)13(3)21-16(24)11-27-20-22-18-17(19(25)23(20)9-10-26-4)14-7-5-6-8-15(14)28-18/h12-13H,5-11H2,1-4H3,(H,21,24). The predicted octanol–water partition coefficient (Wildman–Crippen LogP) is 3.24. The van der Waals surface area contributed by atoms with E-state index >= 15 is 0 Å². The number of rotatable bonds is 8. The van der Waals surface area contributed by atoms with Crippen LogP contribution in [0.15, 0.2) is 9.95 Å². The quantitative estimate of drug-likeness (QED) is 0.521. The van der Waals surface area contributed by atoms with Crippen molar-refractivity contribution >= 4 is 39.2 Å². The van der Waals surface area contributed by atoms with E-state index in [4.69, 9.17) is 9.72 Å². The van der Waals surface area contributed by atoms with Crippen LogP contribution >= 0.6 is 23.1 Å². The summed E-state index contributed by atoms with van der Waals surface area (Å²) in [4.78, 5) is 32.5. The van der Waals surface area contributed by atoms with Gasteiger partial charge < -0.3 is 10.1 Å². The molecule has 2 heterocycles. The van der Waals surface area contributed by atoms with Crippen LogP contribution < -0.4 is 10.9 Å². The highest BCUT2D eigenvalue weighted by Crippen LogP contribution is 2.34. The Morgan fingerprint density at radius 2 is 2.07 bits per heavy atom. The molecule has 2 aromatic heterocycles. The van der Waals surface area contributed by atoms with Gasteiger partial charge in [-0.15, -0.1) is 11.3 Å². The first kappa shape index (κ1) is 21.3. The third-order valence-corrected chi connectivity index (χ3v) is 7.44. The lowest BCUT2D eigenvalue weighted by molar-refractivity contribution is -0.119. The number of thiophene rings is 1. The second-order valence-electron chi connectivity index (χ2n) is 7.62. The number of nitrogens with zero attached hydrogens (tertiary/aromatic N) is 2. The van der Waals surface area contributed by atoms with Crippen molar-refractivity contribution in [3.05, 3.63) is 20.8 Å². The first-order valence-corrected chi connectivity index (χ1v) is 11.7. The number of hydrogen-bond acceptors (Lipinski definition) is 6. The first-order valence-electron chi connectivity index (χ1n) is 9.88. The van der Waals surface area contributed by atoms with Crippen molar-refractivity contribution in [2.24, 2.45) is 5.92 Å². The van der Waals surface area contributed by atoms with E-state index in [9.17, 15) is 9.59 Å². The van der Waals surface area contributed by atoms with Gasteiger partial charge in [0.25, 0.3) is 5.56 Å². The Bertz CT molecular complexity index is 904. The molecular formula is C20H29N3O3S2. The number of nitrogens with one attached hydrogen (secondary N) is 1. The largest absolute Gasteiger partial charge is 0.383 e. The number of carbonyl (C=O) groups excluding carboxylic acids is 1. The van der Waals surface area contributed by atoms with Crippen LogP contribution in [-0.2, 0) is 28.9 Å². The number of hydrogen-bond donors (Lipinski definition) is 1. The number of carbonyl (C=O) groups is 1. The van der Waals surface area contributed by atoms with Crippen LogP contribution in [0.5, 0.6) is 0 Å². The van der Waals surface area contributed by atoms with Crippen molar-refractivity contribution in [1.29, 1.82) is 0 Å². The van der Waals surface area contributed by atoms with E-state index in [1.807, 2.05) is 6.92 Å². The van der Waals surface area contributed by atoms with Gasteiger partial charge in [0.15, 0.2) is 5.16 Å². The van der Waals surface area contributed by atoms with E-state index in [2.05, 4.69) is 19.2 Å². The number of thioether (sulfide) groups is 1. The number of aromatic nitrogens is 2. The second kappa shape index (κ2) is 9.41. The lowest BCUT2D eigenvalue weighted by atomic mass is 9.97. The summed E-state index contributed by atoms with van der Waals surface area (Å²) in [6, 6.07) is 0.114. The minimum Gasteiger partial charge on any atom is -0.383 e. The zero-order valence-electron chi connectivity index (χ0n) is 17.0. The van der Waals surface area contributed by atoms with Gasteiger partial charge >= 0.3 is 0 Å². The molecule has 2 aromatic rings. The van der Waals surface area contributed by atoms with Crippen LogP contribution in [0.2, 0.25) is 0 Å². The molecular weight excluding hydrogens is 394 g/mol. The van der Waals surface area contributed by atoms with E-state index in [1.54, 1.807) is 23.0 Å². The number of amides is 1. The molecule has 0 saturated heterocycles. The van der Waals surface area contributed by atoms with E-state index in [-0.39, 0.29) is 23.3 Å². The normalized spacial score (nSPS) is 15.0. The molecule has 1 amide bonds. The molecule has 28 heavy (non-hydrogen) atoms. The zero-order chi connectivity index (χ0) is 20.3. The zero-order valence-corrected chi connectivity index (χ0v) is 18.7. The van der Waals surface area contributed by atoms with Gasteiger partial charge in [0, 0.05) is 18.0 Å². The smallest absolute Gasteiger partial charge is 0.263 e. The molecule has 1 aliphatic carbocycles. The lowest BCUT2D eigenvalue weighted by Gasteiger charge is -2.17. The highest BCUT2D eigenvalue weighted by Gasteiger charge is 2.22. The van der Waals surface area contributed by atoms with Gasteiger partial charge in [0.1, 0.15) is 4.83 Å². The van der Waals surface area contributed by atoms with Gasteiger partial charge in [-0.2, -0.15) is 0 Å². The van der Waals surface area contributed by atoms with Crippen LogP contribution in [0, 0.1) is 5.92 Å². The summed E-state index contributed by atoms with van der Waals surface area (Å²) in [7, 11) is 1.62. The second-order valence-corrected chi connectivity index (χ2v) is 9.65. The summed E-state index contributed by atoms with van der Waals surface area (Å²) in [6.45, 7) is 7.03. The van der Waals surface area contributed by atoms with Gasteiger partial charge in [-0.25, -0.2) is 4.98 Å². The van der Waals surface area contributed by atoms with Crippen LogP contribution in [-0.4, -0.2) is 41.0 Å². The summed E-state index contributed by atoms with van der Waals surface area (Å²) < 4.78 is 6.87. The molecule has 1 atom stereocenters. The average Bonchev–Trinajstić information content (AvgIpc) is 3.04. The van der Waals surface area contributed by atoms with Crippen LogP contribution in [0.3, 0.4) is 0 Å². The SMILES string of the molecule is COCCn1c(SCC(=O)NC(C)C(C)C)nc2sc3c(c2c1=O)CCCC3. The van der Waals surface area contributed by atoms with E-state index in [1.165, 1.54) is 28.6 Å². The van der Waals surface area contributed by atoms with E-state index < -0.39 is 0 Å². The number of methoxy groups -OCH3 is 1. The number of fused-ring (bicyclic) bond motifs is 3. The first-order chi connectivity index (χ1) is 13.4. The fraction of sp³-hybridized carbons (Fsp3) is 0.650. The Kier molecular flexibility index (Phi) is 7.17. The summed E-state index contributed by atoms with van der Waals surface area (Å²) in [5, 5.41) is 4.38. The lowest BCUT2D eigenvalue weighted by Crippen LogP contribution is -2.37. The Morgan fingerprint density at radius 3 is 2.79 bits per heavy atom. The average molecular weight is 424 g/mol. The number of ether oxygens (including phenoxy) is 1. The maximum atomic E-state index is 13.3. The van der Waals surface area contributed by atoms with Gasteiger partial charge in [-0.3, -0.25) is 14.2 Å². The Labute approximate surface area is 174 Å². The summed E-state index contributed by atoms with van der Waals surface area (Å²) in [5.41, 5.74) is 1.19. The van der Waals surface area contributed by atoms with E-state index in [0.29, 0.717) is 24.2 Å². The van der Waals surface area contributed by atoms with Crippen LogP contribution in [0.1, 0.15) is 44.1 Å². The predicted molar refractivity (Wildman–Crippen MR) is 116 cm³/mol. The Morgan fingerprint density at radius 1 is 1.32 bits per heavy atom. The minimum absolute atomic E-state index is 0.0000865. The third kappa shape index (κ3) is 4.60. The molecule has 3 rings (SSSR count). The summed E-state index contributed by atoms with van der Waals surface area (Å²) in [6.07, 6.45) is 4.29. The van der Waals surface area contributed by atoms with Crippen molar-refractivity contribution < 1.29 is 9.53 Å². The molecule has 0 aromatic carbocycles. The van der Waals surface area contributed by atoms with Crippen molar-refractivity contribution in [2.75, 3.05) is 19.5 Å². The molecule has 1 unspecified atom stereocenters. The molecule has 0 spiro atoms. The van der Waals surface area contributed by atoms with Gasteiger partial charge in [0.05, 0.1) is 24.3 Å². The van der Waals surface area contributed by atoms with Crippen LogP contribution in [0.4, 0.5) is 0 Å².